The molecule has 0 heterocycles. The summed E-state index contributed by atoms with van der Waals surface area (Å²) in [5, 5.41) is 7.37. The van der Waals surface area contributed by atoms with Gasteiger partial charge in [-0.3, -0.25) is 4.79 Å². The fourth-order valence-electron chi connectivity index (χ4n) is 1.53. The molecule has 6 nitrogen and oxygen atoms in total. The summed E-state index contributed by atoms with van der Waals surface area (Å²) < 4.78 is 34.7. The lowest BCUT2D eigenvalue weighted by atomic mass is 10.1. The molecule has 0 fully saturated rings. The SMILES string of the molecule is NCC#Cc1cc(F)ccc1C(=O)NCCCS(N)(=O)=O. The molecule has 0 aliphatic heterocycles. The summed E-state index contributed by atoms with van der Waals surface area (Å²) in [5.41, 5.74) is 5.67. The number of hydrogen-bond donors (Lipinski definition) is 3. The van der Waals surface area contributed by atoms with Crippen LogP contribution in [0.4, 0.5) is 4.39 Å². The van der Waals surface area contributed by atoms with Crippen LogP contribution in [0.25, 0.3) is 0 Å². The maximum Gasteiger partial charge on any atom is 0.252 e. The molecule has 0 unspecified atom stereocenters. The summed E-state index contributed by atoms with van der Waals surface area (Å²) in [5.74, 6) is 3.96. The van der Waals surface area contributed by atoms with Gasteiger partial charge in [0, 0.05) is 12.1 Å². The zero-order chi connectivity index (χ0) is 15.9. The van der Waals surface area contributed by atoms with E-state index in [0.29, 0.717) is 0 Å². The van der Waals surface area contributed by atoms with Crippen LogP contribution in [0.2, 0.25) is 0 Å². The lowest BCUT2D eigenvalue weighted by molar-refractivity contribution is 0.0953. The highest BCUT2D eigenvalue weighted by molar-refractivity contribution is 7.89. The zero-order valence-corrected chi connectivity index (χ0v) is 12.0. The molecule has 0 aliphatic carbocycles. The number of halogens is 1. The molecule has 1 aromatic rings. The highest BCUT2D eigenvalue weighted by Gasteiger charge is 2.11. The Labute approximate surface area is 122 Å². The van der Waals surface area contributed by atoms with E-state index in [1.807, 2.05) is 0 Å². The van der Waals surface area contributed by atoms with Crippen molar-refractivity contribution in [1.29, 1.82) is 0 Å². The van der Waals surface area contributed by atoms with E-state index in [1.165, 1.54) is 6.07 Å². The van der Waals surface area contributed by atoms with Gasteiger partial charge in [0.25, 0.3) is 5.91 Å². The molecule has 8 heteroatoms. The van der Waals surface area contributed by atoms with Crippen molar-refractivity contribution in [3.63, 3.8) is 0 Å². The van der Waals surface area contributed by atoms with Crippen molar-refractivity contribution < 1.29 is 17.6 Å². The largest absolute Gasteiger partial charge is 0.352 e. The van der Waals surface area contributed by atoms with Gasteiger partial charge in [-0.1, -0.05) is 11.8 Å². The molecule has 0 bridgehead atoms. The minimum absolute atomic E-state index is 0.0892. The molecule has 114 valence electrons. The number of nitrogens with one attached hydrogen (secondary N) is 1. The Balaban J connectivity index is 2.74. The second-order valence-corrected chi connectivity index (χ2v) is 5.91. The number of rotatable bonds is 5. The van der Waals surface area contributed by atoms with Crippen molar-refractivity contribution in [3.8, 4) is 11.8 Å². The first-order chi connectivity index (χ1) is 9.83. The standard InChI is InChI=1S/C13H16FN3O3S/c14-11-4-5-12(10(9-11)3-1-6-15)13(18)17-7-2-8-21(16,19)20/h4-5,9H,2,6-8,15H2,(H,17,18)(H2,16,19,20). The smallest absolute Gasteiger partial charge is 0.252 e. The quantitative estimate of drug-likeness (QED) is 0.504. The molecule has 0 saturated carbocycles. The normalized spacial score (nSPS) is 10.6. The average Bonchev–Trinajstić information content (AvgIpc) is 2.40. The Kier molecular flexibility index (Phi) is 6.30. The molecular formula is C13H16FN3O3S. The number of benzene rings is 1. The van der Waals surface area contributed by atoms with Gasteiger partial charge >= 0.3 is 0 Å². The number of primary sulfonamides is 1. The number of carbonyl (C=O) groups excluding carboxylic acids is 1. The van der Waals surface area contributed by atoms with Crippen LogP contribution >= 0.6 is 0 Å². The van der Waals surface area contributed by atoms with E-state index >= 15 is 0 Å². The minimum atomic E-state index is -3.55. The Morgan fingerprint density at radius 3 is 2.71 bits per heavy atom. The third-order valence-corrected chi connectivity index (χ3v) is 3.30. The van der Waals surface area contributed by atoms with Crippen LogP contribution < -0.4 is 16.2 Å². The molecule has 0 saturated heterocycles. The number of sulfonamides is 1. The molecule has 0 radical (unpaired) electrons. The van der Waals surface area contributed by atoms with E-state index in [1.54, 1.807) is 0 Å². The summed E-state index contributed by atoms with van der Waals surface area (Å²) >= 11 is 0. The number of amides is 1. The predicted octanol–water partition coefficient (Wildman–Crippen LogP) is -0.456. The number of nitrogens with two attached hydrogens (primary N) is 2. The van der Waals surface area contributed by atoms with E-state index in [9.17, 15) is 17.6 Å². The third kappa shape index (κ3) is 6.35. The molecule has 0 aromatic heterocycles. The summed E-state index contributed by atoms with van der Waals surface area (Å²) in [6.07, 6.45) is 0.190. The Morgan fingerprint density at radius 2 is 2.10 bits per heavy atom. The van der Waals surface area contributed by atoms with E-state index in [2.05, 4.69) is 17.2 Å². The monoisotopic (exact) mass is 313 g/mol. The molecule has 1 aromatic carbocycles. The molecule has 0 spiro atoms. The van der Waals surface area contributed by atoms with Gasteiger partial charge < -0.3 is 11.1 Å². The molecule has 21 heavy (non-hydrogen) atoms. The van der Waals surface area contributed by atoms with Gasteiger partial charge in [0.2, 0.25) is 10.0 Å². The van der Waals surface area contributed by atoms with Crippen LogP contribution in [-0.2, 0) is 10.0 Å². The van der Waals surface area contributed by atoms with Crippen molar-refractivity contribution in [1.82, 2.24) is 5.32 Å². The molecule has 1 rings (SSSR count). The average molecular weight is 313 g/mol. The molecular weight excluding hydrogens is 297 g/mol. The van der Waals surface area contributed by atoms with Crippen molar-refractivity contribution >= 4 is 15.9 Å². The Morgan fingerprint density at radius 1 is 1.38 bits per heavy atom. The first-order valence-electron chi connectivity index (χ1n) is 6.10. The second-order valence-electron chi connectivity index (χ2n) is 4.17. The maximum absolute atomic E-state index is 13.2. The summed E-state index contributed by atoms with van der Waals surface area (Å²) in [7, 11) is -3.55. The zero-order valence-electron chi connectivity index (χ0n) is 11.2. The van der Waals surface area contributed by atoms with E-state index in [-0.39, 0.29) is 36.4 Å². The van der Waals surface area contributed by atoms with E-state index < -0.39 is 21.7 Å². The third-order valence-electron chi connectivity index (χ3n) is 2.44. The van der Waals surface area contributed by atoms with Gasteiger partial charge in [0.15, 0.2) is 0 Å². The predicted molar refractivity (Wildman–Crippen MR) is 77.3 cm³/mol. The Bertz CT molecular complexity index is 678. The summed E-state index contributed by atoms with van der Waals surface area (Å²) in [4.78, 5) is 12.0. The van der Waals surface area contributed by atoms with E-state index in [0.717, 1.165) is 12.1 Å². The Hall–Kier alpha value is -1.95. The van der Waals surface area contributed by atoms with Crippen LogP contribution in [0.5, 0.6) is 0 Å². The van der Waals surface area contributed by atoms with E-state index in [4.69, 9.17) is 10.9 Å². The fraction of sp³-hybridized carbons (Fsp3) is 0.308. The summed E-state index contributed by atoms with van der Waals surface area (Å²) in [6.45, 7) is 0.225. The fourth-order valence-corrected chi connectivity index (χ4v) is 2.08. The molecule has 1 amide bonds. The van der Waals surface area contributed by atoms with Crippen molar-refractivity contribution in [2.45, 2.75) is 6.42 Å². The van der Waals surface area contributed by atoms with Crippen molar-refractivity contribution in [2.24, 2.45) is 10.9 Å². The lowest BCUT2D eigenvalue weighted by Crippen LogP contribution is -2.28. The van der Waals surface area contributed by atoms with Gasteiger partial charge in [0.05, 0.1) is 17.9 Å². The van der Waals surface area contributed by atoms with Crippen LogP contribution in [-0.4, -0.2) is 33.2 Å². The van der Waals surface area contributed by atoms with Gasteiger partial charge in [-0.05, 0) is 24.6 Å². The van der Waals surface area contributed by atoms with Crippen LogP contribution in [0, 0.1) is 17.7 Å². The summed E-state index contributed by atoms with van der Waals surface area (Å²) in [6, 6.07) is 3.60. The van der Waals surface area contributed by atoms with Crippen molar-refractivity contribution in [2.75, 3.05) is 18.8 Å². The van der Waals surface area contributed by atoms with Gasteiger partial charge in [-0.25, -0.2) is 17.9 Å². The van der Waals surface area contributed by atoms with Crippen LogP contribution in [0.1, 0.15) is 22.3 Å². The van der Waals surface area contributed by atoms with Crippen LogP contribution in [0.15, 0.2) is 18.2 Å². The van der Waals surface area contributed by atoms with Gasteiger partial charge in [-0.15, -0.1) is 0 Å². The molecule has 0 atom stereocenters. The topological polar surface area (TPSA) is 115 Å². The molecule has 5 N–H and O–H groups in total. The number of hydrogen-bond acceptors (Lipinski definition) is 4. The van der Waals surface area contributed by atoms with Gasteiger partial charge in [0.1, 0.15) is 5.82 Å². The highest BCUT2D eigenvalue weighted by Crippen LogP contribution is 2.10. The lowest BCUT2D eigenvalue weighted by Gasteiger charge is -2.07. The second kappa shape index (κ2) is 7.73. The highest BCUT2D eigenvalue weighted by atomic mass is 32.2. The van der Waals surface area contributed by atoms with Crippen LogP contribution in [0.3, 0.4) is 0 Å². The first kappa shape index (κ1) is 17.1. The minimum Gasteiger partial charge on any atom is -0.352 e. The molecule has 0 aliphatic rings. The van der Waals surface area contributed by atoms with Crippen molar-refractivity contribution in [3.05, 3.63) is 35.1 Å². The van der Waals surface area contributed by atoms with Gasteiger partial charge in [-0.2, -0.15) is 0 Å². The number of carbonyl (C=O) groups is 1. The first-order valence-corrected chi connectivity index (χ1v) is 7.82. The maximum atomic E-state index is 13.2.